The maximum absolute atomic E-state index is 11.1. The normalized spacial score (nSPS) is 11.2. The van der Waals surface area contributed by atoms with Crippen molar-refractivity contribution in [1.29, 1.82) is 0 Å². The van der Waals surface area contributed by atoms with Gasteiger partial charge in [-0.25, -0.2) is 8.42 Å². The lowest BCUT2D eigenvalue weighted by Gasteiger charge is -2.10. The van der Waals surface area contributed by atoms with E-state index in [0.29, 0.717) is 17.3 Å². The van der Waals surface area contributed by atoms with E-state index in [9.17, 15) is 8.42 Å². The minimum atomic E-state index is -3.24. The van der Waals surface area contributed by atoms with Crippen LogP contribution in [-0.4, -0.2) is 14.7 Å². The fourth-order valence-electron chi connectivity index (χ4n) is 1.73. The van der Waals surface area contributed by atoms with E-state index in [1.807, 2.05) is 30.3 Å². The smallest absolute Gasteiger partial charge is 0.229 e. The van der Waals surface area contributed by atoms with Gasteiger partial charge in [0.2, 0.25) is 10.0 Å². The molecule has 0 atom stereocenters. The summed E-state index contributed by atoms with van der Waals surface area (Å²) < 4.78 is 25.6. The molecular formula is C14H14BrClN2O2S. The SMILES string of the molecule is CS(=O)(=O)Nc1ccc(NCc2ccc(Cl)cc2Br)cc1. The zero-order chi connectivity index (χ0) is 15.5. The van der Waals surface area contributed by atoms with Gasteiger partial charge in [-0.2, -0.15) is 0 Å². The van der Waals surface area contributed by atoms with Gasteiger partial charge in [0, 0.05) is 27.4 Å². The summed E-state index contributed by atoms with van der Waals surface area (Å²) in [5.74, 6) is 0. The van der Waals surface area contributed by atoms with Gasteiger partial charge in [-0.3, -0.25) is 4.72 Å². The number of halogens is 2. The molecule has 112 valence electrons. The average molecular weight is 390 g/mol. The van der Waals surface area contributed by atoms with Crippen LogP contribution in [0.25, 0.3) is 0 Å². The molecule has 2 N–H and O–H groups in total. The Morgan fingerprint density at radius 3 is 2.29 bits per heavy atom. The van der Waals surface area contributed by atoms with Gasteiger partial charge < -0.3 is 5.32 Å². The van der Waals surface area contributed by atoms with Gasteiger partial charge in [0.1, 0.15) is 0 Å². The first-order valence-electron chi connectivity index (χ1n) is 6.09. The molecule has 4 nitrogen and oxygen atoms in total. The van der Waals surface area contributed by atoms with Crippen molar-refractivity contribution in [2.75, 3.05) is 16.3 Å². The topological polar surface area (TPSA) is 58.2 Å². The Morgan fingerprint density at radius 2 is 1.71 bits per heavy atom. The largest absolute Gasteiger partial charge is 0.381 e. The van der Waals surface area contributed by atoms with Crippen LogP contribution in [0.1, 0.15) is 5.56 Å². The Morgan fingerprint density at radius 1 is 1.10 bits per heavy atom. The first kappa shape index (κ1) is 16.1. The van der Waals surface area contributed by atoms with Crippen molar-refractivity contribution in [3.8, 4) is 0 Å². The predicted octanol–water partition coefficient (Wildman–Crippen LogP) is 4.09. The van der Waals surface area contributed by atoms with Gasteiger partial charge in [0.05, 0.1) is 6.26 Å². The van der Waals surface area contributed by atoms with Crippen molar-refractivity contribution in [2.45, 2.75) is 6.54 Å². The van der Waals surface area contributed by atoms with E-state index < -0.39 is 10.0 Å². The lowest BCUT2D eigenvalue weighted by molar-refractivity contribution is 0.607. The number of rotatable bonds is 5. The first-order valence-corrected chi connectivity index (χ1v) is 9.15. The number of anilines is 2. The second-order valence-electron chi connectivity index (χ2n) is 4.54. The van der Waals surface area contributed by atoms with Crippen LogP contribution in [0, 0.1) is 0 Å². The van der Waals surface area contributed by atoms with E-state index in [2.05, 4.69) is 26.0 Å². The highest BCUT2D eigenvalue weighted by Crippen LogP contribution is 2.23. The third-order valence-corrected chi connectivity index (χ3v) is 4.27. The molecule has 0 aliphatic rings. The maximum Gasteiger partial charge on any atom is 0.229 e. The molecule has 0 bridgehead atoms. The summed E-state index contributed by atoms with van der Waals surface area (Å²) in [7, 11) is -3.24. The Balaban J connectivity index is 2.00. The summed E-state index contributed by atoms with van der Waals surface area (Å²) in [4.78, 5) is 0. The molecule has 0 aliphatic carbocycles. The fraction of sp³-hybridized carbons (Fsp3) is 0.143. The van der Waals surface area contributed by atoms with Gasteiger partial charge in [-0.05, 0) is 42.0 Å². The van der Waals surface area contributed by atoms with Crippen molar-refractivity contribution >= 4 is 48.9 Å². The second-order valence-corrected chi connectivity index (χ2v) is 7.58. The Hall–Kier alpha value is -1.24. The van der Waals surface area contributed by atoms with E-state index in [1.54, 1.807) is 12.1 Å². The monoisotopic (exact) mass is 388 g/mol. The number of benzene rings is 2. The van der Waals surface area contributed by atoms with Crippen LogP contribution in [0.3, 0.4) is 0 Å². The highest BCUT2D eigenvalue weighted by molar-refractivity contribution is 9.10. The molecule has 7 heteroatoms. The summed E-state index contributed by atoms with van der Waals surface area (Å²) in [6, 6.07) is 12.7. The molecular weight excluding hydrogens is 376 g/mol. The molecule has 2 rings (SSSR count). The van der Waals surface area contributed by atoms with Gasteiger partial charge in [0.25, 0.3) is 0 Å². The second kappa shape index (κ2) is 6.68. The van der Waals surface area contributed by atoms with Crippen LogP contribution in [0.5, 0.6) is 0 Å². The molecule has 0 aliphatic heterocycles. The summed E-state index contributed by atoms with van der Waals surface area (Å²) in [6.07, 6.45) is 1.12. The molecule has 0 radical (unpaired) electrons. The maximum atomic E-state index is 11.1. The minimum Gasteiger partial charge on any atom is -0.381 e. The predicted molar refractivity (Wildman–Crippen MR) is 91.4 cm³/mol. The van der Waals surface area contributed by atoms with E-state index in [-0.39, 0.29) is 0 Å². The van der Waals surface area contributed by atoms with Crippen molar-refractivity contribution in [1.82, 2.24) is 0 Å². The highest BCUT2D eigenvalue weighted by Gasteiger charge is 2.03. The third kappa shape index (κ3) is 5.22. The van der Waals surface area contributed by atoms with Crippen molar-refractivity contribution < 1.29 is 8.42 Å². The summed E-state index contributed by atoms with van der Waals surface area (Å²) in [6.45, 7) is 0.636. The molecule has 0 saturated heterocycles. The van der Waals surface area contributed by atoms with Gasteiger partial charge >= 0.3 is 0 Å². The summed E-state index contributed by atoms with van der Waals surface area (Å²) in [5.41, 5.74) is 2.52. The zero-order valence-corrected chi connectivity index (χ0v) is 14.4. The van der Waals surface area contributed by atoms with Crippen molar-refractivity contribution in [3.63, 3.8) is 0 Å². The van der Waals surface area contributed by atoms with E-state index in [1.165, 1.54) is 0 Å². The molecule has 0 unspecified atom stereocenters. The average Bonchev–Trinajstić information content (AvgIpc) is 2.38. The van der Waals surface area contributed by atoms with Crippen LogP contribution >= 0.6 is 27.5 Å². The van der Waals surface area contributed by atoms with Crippen LogP contribution < -0.4 is 10.0 Å². The molecule has 2 aromatic carbocycles. The zero-order valence-electron chi connectivity index (χ0n) is 11.2. The van der Waals surface area contributed by atoms with E-state index in [4.69, 9.17) is 11.6 Å². The van der Waals surface area contributed by atoms with Crippen LogP contribution in [-0.2, 0) is 16.6 Å². The molecule has 0 amide bonds. The molecule has 21 heavy (non-hydrogen) atoms. The van der Waals surface area contributed by atoms with E-state index in [0.717, 1.165) is 22.0 Å². The molecule has 0 aromatic heterocycles. The summed E-state index contributed by atoms with van der Waals surface area (Å²) >= 11 is 9.36. The van der Waals surface area contributed by atoms with Gasteiger partial charge in [-0.15, -0.1) is 0 Å². The highest BCUT2D eigenvalue weighted by atomic mass is 79.9. The Bertz CT molecular complexity index is 733. The number of sulfonamides is 1. The minimum absolute atomic E-state index is 0.538. The standard InChI is InChI=1S/C14H14BrClN2O2S/c1-21(19,20)18-13-6-4-12(5-7-13)17-9-10-2-3-11(16)8-14(10)15/h2-8,17-18H,9H2,1H3. The molecule has 0 spiro atoms. The van der Waals surface area contributed by atoms with Crippen LogP contribution in [0.15, 0.2) is 46.9 Å². The molecule has 0 heterocycles. The molecule has 2 aromatic rings. The molecule has 0 saturated carbocycles. The number of hydrogen-bond acceptors (Lipinski definition) is 3. The lowest BCUT2D eigenvalue weighted by atomic mass is 10.2. The van der Waals surface area contributed by atoms with Crippen LogP contribution in [0.4, 0.5) is 11.4 Å². The van der Waals surface area contributed by atoms with Gasteiger partial charge in [0.15, 0.2) is 0 Å². The Labute approximate surface area is 137 Å². The quantitative estimate of drug-likeness (QED) is 0.810. The Kier molecular flexibility index (Phi) is 5.13. The number of hydrogen-bond donors (Lipinski definition) is 2. The summed E-state index contributed by atoms with van der Waals surface area (Å²) in [5, 5.41) is 3.94. The number of nitrogens with one attached hydrogen (secondary N) is 2. The van der Waals surface area contributed by atoms with Crippen molar-refractivity contribution in [3.05, 3.63) is 57.5 Å². The fourth-order valence-corrected chi connectivity index (χ4v) is 3.12. The third-order valence-electron chi connectivity index (χ3n) is 2.69. The van der Waals surface area contributed by atoms with Crippen molar-refractivity contribution in [2.24, 2.45) is 0 Å². The van der Waals surface area contributed by atoms with Crippen LogP contribution in [0.2, 0.25) is 5.02 Å². The molecule has 0 fully saturated rings. The van der Waals surface area contributed by atoms with E-state index >= 15 is 0 Å². The van der Waals surface area contributed by atoms with Gasteiger partial charge in [-0.1, -0.05) is 33.6 Å². The lowest BCUT2D eigenvalue weighted by Crippen LogP contribution is -2.09. The first-order chi connectivity index (χ1) is 9.83.